The van der Waals surface area contributed by atoms with Crippen molar-refractivity contribution in [2.75, 3.05) is 18.1 Å². The van der Waals surface area contributed by atoms with Gasteiger partial charge >= 0.3 is 5.69 Å². The average Bonchev–Trinajstić information content (AvgIpc) is 2.60. The molecule has 4 N–H and O–H groups in total. The van der Waals surface area contributed by atoms with Crippen molar-refractivity contribution < 1.29 is 10.2 Å². The Labute approximate surface area is 96.1 Å². The smallest absolute Gasteiger partial charge is 0.349 e. The van der Waals surface area contributed by atoms with Gasteiger partial charge in [-0.1, -0.05) is 0 Å². The molecule has 0 saturated carbocycles. The first-order chi connectivity index (χ1) is 7.63. The van der Waals surface area contributed by atoms with E-state index in [1.54, 1.807) is 0 Å². The topological polar surface area (TPSA) is 101 Å². The summed E-state index contributed by atoms with van der Waals surface area (Å²) in [6.45, 7) is -0.0977. The monoisotopic (exact) mass is 243 g/mol. The first-order valence-electron chi connectivity index (χ1n) is 4.88. The molecule has 2 heterocycles. The van der Waals surface area contributed by atoms with Gasteiger partial charge in [-0.25, -0.2) is 4.79 Å². The molecule has 0 radical (unpaired) electrons. The van der Waals surface area contributed by atoms with Gasteiger partial charge in [0.2, 0.25) is 0 Å². The summed E-state index contributed by atoms with van der Waals surface area (Å²) in [5.41, 5.74) is 4.91. The molecule has 7 heteroatoms. The van der Waals surface area contributed by atoms with Crippen LogP contribution in [0.25, 0.3) is 0 Å². The highest BCUT2D eigenvalue weighted by molar-refractivity contribution is 8.00. The molecule has 0 unspecified atom stereocenters. The Morgan fingerprint density at radius 1 is 1.69 bits per heavy atom. The van der Waals surface area contributed by atoms with Crippen LogP contribution in [0.15, 0.2) is 17.1 Å². The third-order valence-electron chi connectivity index (χ3n) is 2.64. The summed E-state index contributed by atoms with van der Waals surface area (Å²) in [7, 11) is 0. The van der Waals surface area contributed by atoms with E-state index in [9.17, 15) is 9.90 Å². The van der Waals surface area contributed by atoms with E-state index in [1.807, 2.05) is 0 Å². The Kier molecular flexibility index (Phi) is 3.17. The van der Waals surface area contributed by atoms with Gasteiger partial charge in [0.25, 0.3) is 0 Å². The van der Waals surface area contributed by atoms with Crippen LogP contribution in [-0.4, -0.2) is 43.5 Å². The SMILES string of the molecule is Nc1ccn([C@@H]2CS[C@H](CO)[C@H]2O)c(=O)n1. The van der Waals surface area contributed by atoms with Gasteiger partial charge in [-0.15, -0.1) is 0 Å². The highest BCUT2D eigenvalue weighted by Crippen LogP contribution is 2.33. The fourth-order valence-electron chi connectivity index (χ4n) is 1.75. The summed E-state index contributed by atoms with van der Waals surface area (Å²) in [5, 5.41) is 18.7. The fraction of sp³-hybridized carbons (Fsp3) is 0.556. The first-order valence-corrected chi connectivity index (χ1v) is 5.93. The average molecular weight is 243 g/mol. The molecular weight excluding hydrogens is 230 g/mol. The lowest BCUT2D eigenvalue weighted by molar-refractivity contribution is 0.106. The molecule has 1 fully saturated rings. The second-order valence-electron chi connectivity index (χ2n) is 3.65. The van der Waals surface area contributed by atoms with Crippen LogP contribution in [0.1, 0.15) is 6.04 Å². The molecule has 1 aromatic rings. The lowest BCUT2D eigenvalue weighted by Crippen LogP contribution is -2.36. The van der Waals surface area contributed by atoms with Crippen molar-refractivity contribution in [3.8, 4) is 0 Å². The largest absolute Gasteiger partial charge is 0.395 e. The van der Waals surface area contributed by atoms with E-state index in [0.29, 0.717) is 5.75 Å². The van der Waals surface area contributed by atoms with Crippen LogP contribution in [0.4, 0.5) is 5.82 Å². The second-order valence-corrected chi connectivity index (χ2v) is 4.93. The van der Waals surface area contributed by atoms with Gasteiger partial charge in [0, 0.05) is 11.9 Å². The highest BCUT2D eigenvalue weighted by Gasteiger charge is 2.36. The third kappa shape index (κ3) is 1.93. The standard InChI is InChI=1S/C9H13N3O3S/c10-7-1-2-12(9(15)11-7)5-4-16-6(3-13)8(5)14/h1-2,5-6,8,13-14H,3-4H2,(H2,10,11,15)/t5-,6-,8+/m1/s1. The quantitative estimate of drug-likeness (QED) is 0.605. The van der Waals surface area contributed by atoms with Crippen molar-refractivity contribution in [3.05, 3.63) is 22.7 Å². The van der Waals surface area contributed by atoms with Crippen molar-refractivity contribution in [1.82, 2.24) is 9.55 Å². The van der Waals surface area contributed by atoms with Crippen LogP contribution in [0.2, 0.25) is 0 Å². The van der Waals surface area contributed by atoms with Crippen molar-refractivity contribution in [3.63, 3.8) is 0 Å². The highest BCUT2D eigenvalue weighted by atomic mass is 32.2. The first kappa shape index (κ1) is 11.4. The molecule has 0 spiro atoms. The molecule has 16 heavy (non-hydrogen) atoms. The number of rotatable bonds is 2. The van der Waals surface area contributed by atoms with E-state index in [-0.39, 0.29) is 23.7 Å². The van der Waals surface area contributed by atoms with Gasteiger partial charge < -0.3 is 15.9 Å². The molecule has 2 rings (SSSR count). The number of nitrogens with two attached hydrogens (primary N) is 1. The van der Waals surface area contributed by atoms with Gasteiger partial charge in [0.1, 0.15) is 5.82 Å². The van der Waals surface area contributed by atoms with E-state index in [1.165, 1.54) is 28.6 Å². The minimum Gasteiger partial charge on any atom is -0.395 e. The van der Waals surface area contributed by atoms with Gasteiger partial charge in [0.15, 0.2) is 0 Å². The number of thioether (sulfide) groups is 1. The van der Waals surface area contributed by atoms with E-state index in [4.69, 9.17) is 10.8 Å². The summed E-state index contributed by atoms with van der Waals surface area (Å²) in [4.78, 5) is 15.2. The zero-order valence-electron chi connectivity index (χ0n) is 8.48. The van der Waals surface area contributed by atoms with Crippen molar-refractivity contribution in [2.45, 2.75) is 17.4 Å². The number of nitrogen functional groups attached to an aromatic ring is 1. The van der Waals surface area contributed by atoms with Crippen LogP contribution in [0.3, 0.4) is 0 Å². The molecule has 0 amide bonds. The number of aliphatic hydroxyl groups excluding tert-OH is 2. The summed E-state index contributed by atoms with van der Waals surface area (Å²) in [6, 6.07) is 1.17. The maximum absolute atomic E-state index is 11.6. The molecule has 1 saturated heterocycles. The fourth-order valence-corrected chi connectivity index (χ4v) is 3.04. The minimum atomic E-state index is -0.738. The van der Waals surface area contributed by atoms with E-state index in [2.05, 4.69) is 4.98 Å². The van der Waals surface area contributed by atoms with Gasteiger partial charge in [0.05, 0.1) is 24.0 Å². The number of nitrogens with zero attached hydrogens (tertiary/aromatic N) is 2. The molecule has 0 bridgehead atoms. The van der Waals surface area contributed by atoms with Crippen LogP contribution in [0, 0.1) is 0 Å². The summed E-state index contributed by atoms with van der Waals surface area (Å²) in [5.74, 6) is 0.748. The number of aliphatic hydroxyl groups is 2. The zero-order valence-corrected chi connectivity index (χ0v) is 9.30. The lowest BCUT2D eigenvalue weighted by Gasteiger charge is -2.18. The molecule has 0 aromatic carbocycles. The normalized spacial score (nSPS) is 29.5. The van der Waals surface area contributed by atoms with Gasteiger partial charge in [-0.05, 0) is 6.07 Å². The Balaban J connectivity index is 2.29. The lowest BCUT2D eigenvalue weighted by atomic mass is 10.1. The maximum atomic E-state index is 11.6. The van der Waals surface area contributed by atoms with E-state index < -0.39 is 11.8 Å². The third-order valence-corrected chi connectivity index (χ3v) is 4.04. The zero-order chi connectivity index (χ0) is 11.7. The van der Waals surface area contributed by atoms with Gasteiger partial charge in [-0.3, -0.25) is 4.57 Å². The Hall–Kier alpha value is -1.05. The Morgan fingerprint density at radius 3 is 3.00 bits per heavy atom. The second kappa shape index (κ2) is 4.44. The Bertz CT molecular complexity index is 436. The number of aromatic nitrogens is 2. The van der Waals surface area contributed by atoms with Gasteiger partial charge in [-0.2, -0.15) is 16.7 Å². The molecule has 0 aliphatic carbocycles. The number of hydrogen-bond acceptors (Lipinski definition) is 6. The van der Waals surface area contributed by atoms with Crippen LogP contribution in [0.5, 0.6) is 0 Å². The number of hydrogen-bond donors (Lipinski definition) is 3. The molecule has 1 aromatic heterocycles. The summed E-state index contributed by atoms with van der Waals surface area (Å²) in [6.07, 6.45) is 0.789. The van der Waals surface area contributed by atoms with Crippen LogP contribution < -0.4 is 11.4 Å². The molecule has 88 valence electrons. The van der Waals surface area contributed by atoms with Crippen molar-refractivity contribution in [2.24, 2.45) is 0 Å². The Morgan fingerprint density at radius 2 is 2.44 bits per heavy atom. The molecule has 6 nitrogen and oxygen atoms in total. The molecule has 3 atom stereocenters. The van der Waals surface area contributed by atoms with Crippen molar-refractivity contribution >= 4 is 17.6 Å². The summed E-state index contributed by atoms with van der Waals surface area (Å²) >= 11 is 1.45. The van der Waals surface area contributed by atoms with E-state index >= 15 is 0 Å². The van der Waals surface area contributed by atoms with Crippen LogP contribution in [-0.2, 0) is 0 Å². The minimum absolute atomic E-state index is 0.0977. The summed E-state index contributed by atoms with van der Waals surface area (Å²) < 4.78 is 1.36. The van der Waals surface area contributed by atoms with Crippen molar-refractivity contribution in [1.29, 1.82) is 0 Å². The number of anilines is 1. The molecule has 1 aliphatic heterocycles. The maximum Gasteiger partial charge on any atom is 0.349 e. The van der Waals surface area contributed by atoms with Crippen LogP contribution >= 0.6 is 11.8 Å². The molecular formula is C9H13N3O3S. The predicted molar refractivity (Wildman–Crippen MR) is 61.3 cm³/mol. The molecule has 1 aliphatic rings. The van der Waals surface area contributed by atoms with E-state index in [0.717, 1.165) is 0 Å². The predicted octanol–water partition coefficient (Wildman–Crippen LogP) is -1.16.